The lowest BCUT2D eigenvalue weighted by molar-refractivity contribution is -0.101. The fourth-order valence-electron chi connectivity index (χ4n) is 3.92. The van der Waals surface area contributed by atoms with Gasteiger partial charge in [0.15, 0.2) is 0 Å². The first-order chi connectivity index (χ1) is 10.3. The molecule has 0 saturated carbocycles. The number of benzene rings is 1. The summed E-state index contributed by atoms with van der Waals surface area (Å²) < 4.78 is 6.09. The van der Waals surface area contributed by atoms with Gasteiger partial charge in [-0.2, -0.15) is 11.8 Å². The SMILES string of the molecule is OC(C1CCOC2(CCSC2)C1)C1Cc2ccccc2S1. The molecule has 3 heterocycles. The van der Waals surface area contributed by atoms with Crippen LogP contribution in [0.15, 0.2) is 29.2 Å². The molecule has 0 bridgehead atoms. The molecule has 2 saturated heterocycles. The summed E-state index contributed by atoms with van der Waals surface area (Å²) in [6.07, 6.45) is 4.05. The molecule has 2 nitrogen and oxygen atoms in total. The van der Waals surface area contributed by atoms with Crippen LogP contribution in [0.1, 0.15) is 24.8 Å². The van der Waals surface area contributed by atoms with Gasteiger partial charge in [-0.3, -0.25) is 0 Å². The van der Waals surface area contributed by atoms with E-state index in [4.69, 9.17) is 4.74 Å². The Hall–Kier alpha value is -0.160. The van der Waals surface area contributed by atoms with Crippen LogP contribution < -0.4 is 0 Å². The monoisotopic (exact) mass is 322 g/mol. The maximum atomic E-state index is 10.9. The van der Waals surface area contributed by atoms with Crippen LogP contribution in [0.3, 0.4) is 0 Å². The number of hydrogen-bond donors (Lipinski definition) is 1. The molecule has 0 amide bonds. The summed E-state index contributed by atoms with van der Waals surface area (Å²) in [5.74, 6) is 2.74. The summed E-state index contributed by atoms with van der Waals surface area (Å²) >= 11 is 3.88. The Morgan fingerprint density at radius 3 is 3.05 bits per heavy atom. The van der Waals surface area contributed by atoms with E-state index in [1.165, 1.54) is 22.6 Å². The summed E-state index contributed by atoms with van der Waals surface area (Å²) in [7, 11) is 0. The smallest absolute Gasteiger partial charge is 0.0783 e. The van der Waals surface area contributed by atoms with Crippen molar-refractivity contribution in [2.45, 2.75) is 47.5 Å². The predicted octanol–water partition coefficient (Wildman–Crippen LogP) is 3.37. The second-order valence-corrected chi connectivity index (χ2v) is 8.93. The Labute approximate surface area is 135 Å². The minimum absolute atomic E-state index is 0.0741. The van der Waals surface area contributed by atoms with Gasteiger partial charge in [-0.25, -0.2) is 0 Å². The Bertz CT molecular complexity index is 488. The molecule has 0 aliphatic carbocycles. The van der Waals surface area contributed by atoms with E-state index in [1.54, 1.807) is 0 Å². The summed E-state index contributed by atoms with van der Waals surface area (Å²) in [6, 6.07) is 8.59. The molecule has 1 spiro atoms. The highest BCUT2D eigenvalue weighted by Crippen LogP contribution is 2.45. The van der Waals surface area contributed by atoms with E-state index in [0.717, 1.165) is 31.6 Å². The van der Waals surface area contributed by atoms with E-state index >= 15 is 0 Å². The van der Waals surface area contributed by atoms with Crippen LogP contribution >= 0.6 is 23.5 Å². The lowest BCUT2D eigenvalue weighted by atomic mass is 9.81. The van der Waals surface area contributed by atoms with Gasteiger partial charge in [0.1, 0.15) is 0 Å². The zero-order valence-corrected chi connectivity index (χ0v) is 13.8. The van der Waals surface area contributed by atoms with Gasteiger partial charge < -0.3 is 9.84 Å². The van der Waals surface area contributed by atoms with Crippen molar-refractivity contribution in [3.8, 4) is 0 Å². The molecule has 114 valence electrons. The van der Waals surface area contributed by atoms with Crippen molar-refractivity contribution in [1.29, 1.82) is 0 Å². The summed E-state index contributed by atoms with van der Waals surface area (Å²) in [5, 5.41) is 11.2. The van der Waals surface area contributed by atoms with Crippen molar-refractivity contribution in [2.24, 2.45) is 5.92 Å². The number of hydrogen-bond acceptors (Lipinski definition) is 4. The second-order valence-electron chi connectivity index (χ2n) is 6.55. The third-order valence-electron chi connectivity index (χ3n) is 5.13. The molecule has 2 fully saturated rings. The number of rotatable bonds is 2. The fourth-order valence-corrected chi connectivity index (χ4v) is 6.71. The number of ether oxygens (including phenoxy) is 1. The second kappa shape index (κ2) is 5.80. The van der Waals surface area contributed by atoms with Gasteiger partial charge in [-0.05, 0) is 49.0 Å². The van der Waals surface area contributed by atoms with Gasteiger partial charge in [0.05, 0.1) is 11.7 Å². The van der Waals surface area contributed by atoms with Gasteiger partial charge in [0.25, 0.3) is 0 Å². The lowest BCUT2D eigenvalue weighted by Crippen LogP contribution is -2.45. The molecule has 0 radical (unpaired) electrons. The van der Waals surface area contributed by atoms with Crippen molar-refractivity contribution in [2.75, 3.05) is 18.1 Å². The van der Waals surface area contributed by atoms with Crippen molar-refractivity contribution < 1.29 is 9.84 Å². The summed E-state index contributed by atoms with van der Waals surface area (Å²) in [4.78, 5) is 1.36. The molecule has 0 aromatic heterocycles. The first kappa shape index (κ1) is 14.4. The fraction of sp³-hybridized carbons (Fsp3) is 0.647. The largest absolute Gasteiger partial charge is 0.392 e. The molecule has 3 aliphatic rings. The van der Waals surface area contributed by atoms with Crippen LogP contribution in [0.25, 0.3) is 0 Å². The predicted molar refractivity (Wildman–Crippen MR) is 89.1 cm³/mol. The van der Waals surface area contributed by atoms with Gasteiger partial charge >= 0.3 is 0 Å². The van der Waals surface area contributed by atoms with E-state index in [9.17, 15) is 5.11 Å². The highest BCUT2D eigenvalue weighted by molar-refractivity contribution is 8.00. The molecule has 3 aliphatic heterocycles. The van der Waals surface area contributed by atoms with Crippen LogP contribution in [-0.4, -0.2) is 40.2 Å². The molecule has 4 unspecified atom stereocenters. The third-order valence-corrected chi connectivity index (χ3v) is 7.76. The maximum absolute atomic E-state index is 10.9. The molecule has 1 aromatic carbocycles. The topological polar surface area (TPSA) is 29.5 Å². The first-order valence-corrected chi connectivity index (χ1v) is 9.94. The highest BCUT2D eigenvalue weighted by Gasteiger charge is 2.44. The average Bonchev–Trinajstić information content (AvgIpc) is 3.13. The van der Waals surface area contributed by atoms with Crippen LogP contribution in [0.2, 0.25) is 0 Å². The lowest BCUT2D eigenvalue weighted by Gasteiger charge is -2.40. The zero-order chi connectivity index (χ0) is 14.3. The van der Waals surface area contributed by atoms with Gasteiger partial charge in [0.2, 0.25) is 0 Å². The van der Waals surface area contributed by atoms with E-state index in [2.05, 4.69) is 24.3 Å². The van der Waals surface area contributed by atoms with Gasteiger partial charge in [0, 0.05) is 22.5 Å². The molecule has 21 heavy (non-hydrogen) atoms. The van der Waals surface area contributed by atoms with Crippen LogP contribution in [0.5, 0.6) is 0 Å². The minimum atomic E-state index is -0.200. The molecule has 4 rings (SSSR count). The molecular weight excluding hydrogens is 300 g/mol. The van der Waals surface area contributed by atoms with Gasteiger partial charge in [-0.15, -0.1) is 11.8 Å². The zero-order valence-electron chi connectivity index (χ0n) is 12.2. The van der Waals surface area contributed by atoms with E-state index in [-0.39, 0.29) is 11.7 Å². The Morgan fingerprint density at radius 1 is 1.33 bits per heavy atom. The van der Waals surface area contributed by atoms with Crippen molar-refractivity contribution in [3.63, 3.8) is 0 Å². The summed E-state index contributed by atoms with van der Waals surface area (Å²) in [6.45, 7) is 0.826. The van der Waals surface area contributed by atoms with Crippen molar-refractivity contribution >= 4 is 23.5 Å². The van der Waals surface area contributed by atoms with Crippen LogP contribution in [0.4, 0.5) is 0 Å². The Balaban J connectivity index is 1.45. The van der Waals surface area contributed by atoms with E-state index in [0.29, 0.717) is 11.2 Å². The molecule has 4 atom stereocenters. The number of fused-ring (bicyclic) bond motifs is 1. The minimum Gasteiger partial charge on any atom is -0.392 e. The number of thioether (sulfide) groups is 2. The first-order valence-electron chi connectivity index (χ1n) is 7.90. The highest BCUT2D eigenvalue weighted by atomic mass is 32.2. The number of aliphatic hydroxyl groups excluding tert-OH is 1. The Morgan fingerprint density at radius 2 is 2.24 bits per heavy atom. The Kier molecular flexibility index (Phi) is 3.99. The van der Waals surface area contributed by atoms with Crippen molar-refractivity contribution in [3.05, 3.63) is 29.8 Å². The maximum Gasteiger partial charge on any atom is 0.0783 e. The van der Waals surface area contributed by atoms with Crippen LogP contribution in [0, 0.1) is 5.92 Å². The quantitative estimate of drug-likeness (QED) is 0.904. The molecule has 1 N–H and O–H groups in total. The number of aliphatic hydroxyl groups is 1. The third kappa shape index (κ3) is 2.76. The van der Waals surface area contributed by atoms with Crippen LogP contribution in [-0.2, 0) is 11.2 Å². The standard InChI is InChI=1S/C17H22O2S2/c18-16(15-9-12-3-1-2-4-14(12)21-15)13-5-7-19-17(10-13)6-8-20-11-17/h1-4,13,15-16,18H,5-11H2. The molecule has 1 aromatic rings. The normalized spacial score (nSPS) is 36.8. The molecule has 4 heteroatoms. The average molecular weight is 322 g/mol. The van der Waals surface area contributed by atoms with E-state index < -0.39 is 0 Å². The summed E-state index contributed by atoms with van der Waals surface area (Å²) in [5.41, 5.74) is 1.48. The molecular formula is C17H22O2S2. The van der Waals surface area contributed by atoms with Crippen molar-refractivity contribution in [1.82, 2.24) is 0 Å². The van der Waals surface area contributed by atoms with E-state index in [1.807, 2.05) is 23.5 Å². The van der Waals surface area contributed by atoms with Gasteiger partial charge in [-0.1, -0.05) is 18.2 Å².